The molecule has 1 amide bonds. The van der Waals surface area contributed by atoms with Gasteiger partial charge in [0.15, 0.2) is 11.5 Å². The molecule has 1 unspecified atom stereocenters. The van der Waals surface area contributed by atoms with Crippen molar-refractivity contribution in [2.45, 2.75) is 77.9 Å². The van der Waals surface area contributed by atoms with Gasteiger partial charge in [0.2, 0.25) is 5.91 Å². The molecule has 1 aliphatic carbocycles. The summed E-state index contributed by atoms with van der Waals surface area (Å²) in [4.78, 5) is 15.3. The second-order valence-electron chi connectivity index (χ2n) is 8.75. The van der Waals surface area contributed by atoms with Gasteiger partial charge in [0.1, 0.15) is 0 Å². The van der Waals surface area contributed by atoms with Crippen LogP contribution >= 0.6 is 0 Å². The van der Waals surface area contributed by atoms with Crippen LogP contribution in [0, 0.1) is 5.92 Å². The molecule has 3 rings (SSSR count). The number of amides is 1. The summed E-state index contributed by atoms with van der Waals surface area (Å²) in [5.74, 6) is 1.96. The Balaban J connectivity index is 1.70. The number of hydrogen-bond donors (Lipinski definition) is 1. The summed E-state index contributed by atoms with van der Waals surface area (Å²) in [6.45, 7) is 10.5. The van der Waals surface area contributed by atoms with Gasteiger partial charge in [-0.05, 0) is 50.3 Å². The molecule has 1 atom stereocenters. The maximum absolute atomic E-state index is 12.9. The van der Waals surface area contributed by atoms with E-state index in [1.165, 1.54) is 25.7 Å². The summed E-state index contributed by atoms with van der Waals surface area (Å²) in [5.41, 5.74) is 1.07. The van der Waals surface area contributed by atoms with Gasteiger partial charge in [0.05, 0.1) is 25.8 Å². The molecule has 0 aromatic heterocycles. The van der Waals surface area contributed by atoms with Crippen molar-refractivity contribution < 1.29 is 14.3 Å². The second-order valence-corrected chi connectivity index (χ2v) is 8.75. The highest BCUT2D eigenvalue weighted by Crippen LogP contribution is 2.34. The third kappa shape index (κ3) is 5.19. The Morgan fingerprint density at radius 2 is 1.75 bits per heavy atom. The summed E-state index contributed by atoms with van der Waals surface area (Å²) in [7, 11) is 0. The zero-order valence-corrected chi connectivity index (χ0v) is 17.9. The molecule has 0 radical (unpaired) electrons. The summed E-state index contributed by atoms with van der Waals surface area (Å²) in [5, 5.41) is 3.29. The molecule has 1 N–H and O–H groups in total. The van der Waals surface area contributed by atoms with Crippen molar-refractivity contribution in [2.24, 2.45) is 5.92 Å². The Labute approximate surface area is 169 Å². The van der Waals surface area contributed by atoms with Crippen LogP contribution in [0.25, 0.3) is 0 Å². The normalized spacial score (nSPS) is 18.5. The first-order chi connectivity index (χ1) is 13.5. The largest absolute Gasteiger partial charge is 0.490 e. The number of benzene rings is 1. The van der Waals surface area contributed by atoms with Crippen LogP contribution in [-0.2, 0) is 4.79 Å². The molecular weight excluding hydrogens is 352 g/mol. The van der Waals surface area contributed by atoms with Gasteiger partial charge in [-0.25, -0.2) is 0 Å². The quantitative estimate of drug-likeness (QED) is 0.756. The van der Waals surface area contributed by atoms with Gasteiger partial charge < -0.3 is 14.8 Å². The average molecular weight is 389 g/mol. The summed E-state index contributed by atoms with van der Waals surface area (Å²) >= 11 is 0. The lowest BCUT2D eigenvalue weighted by molar-refractivity contribution is -0.124. The summed E-state index contributed by atoms with van der Waals surface area (Å²) in [6.07, 6.45) is 5.87. The van der Waals surface area contributed by atoms with Gasteiger partial charge in [0.25, 0.3) is 0 Å². The van der Waals surface area contributed by atoms with Crippen molar-refractivity contribution in [2.75, 3.05) is 19.8 Å². The molecule has 1 saturated carbocycles. The van der Waals surface area contributed by atoms with Gasteiger partial charge in [-0.1, -0.05) is 32.8 Å². The first kappa shape index (κ1) is 21.0. The summed E-state index contributed by atoms with van der Waals surface area (Å²) < 4.78 is 11.6. The first-order valence-corrected chi connectivity index (χ1v) is 10.9. The summed E-state index contributed by atoms with van der Waals surface area (Å²) in [6, 6.07) is 6.93. The smallest absolute Gasteiger partial charge is 0.234 e. The van der Waals surface area contributed by atoms with Crippen LogP contribution in [0.4, 0.5) is 0 Å². The fourth-order valence-corrected chi connectivity index (χ4v) is 4.36. The number of nitrogens with one attached hydrogen (secondary N) is 1. The van der Waals surface area contributed by atoms with Crippen molar-refractivity contribution in [3.63, 3.8) is 0 Å². The van der Waals surface area contributed by atoms with E-state index in [0.29, 0.717) is 31.8 Å². The molecule has 1 aromatic carbocycles. The molecule has 1 aliphatic heterocycles. The average Bonchev–Trinajstić information content (AvgIpc) is 3.08. The molecule has 5 heteroatoms. The fraction of sp³-hybridized carbons (Fsp3) is 0.696. The van der Waals surface area contributed by atoms with E-state index in [4.69, 9.17) is 9.47 Å². The van der Waals surface area contributed by atoms with Crippen LogP contribution in [0.15, 0.2) is 18.2 Å². The zero-order chi connectivity index (χ0) is 20.1. The van der Waals surface area contributed by atoms with Crippen LogP contribution < -0.4 is 14.8 Å². The molecule has 1 aromatic rings. The topological polar surface area (TPSA) is 50.8 Å². The van der Waals surface area contributed by atoms with Crippen LogP contribution in [0.3, 0.4) is 0 Å². The molecule has 5 nitrogen and oxygen atoms in total. The van der Waals surface area contributed by atoms with Crippen molar-refractivity contribution >= 4 is 5.91 Å². The van der Waals surface area contributed by atoms with Crippen LogP contribution in [0.1, 0.15) is 71.4 Å². The third-order valence-electron chi connectivity index (χ3n) is 5.90. The van der Waals surface area contributed by atoms with Crippen LogP contribution in [0.5, 0.6) is 11.5 Å². The maximum atomic E-state index is 12.9. The Bertz CT molecular complexity index is 653. The van der Waals surface area contributed by atoms with Gasteiger partial charge in [0, 0.05) is 18.5 Å². The number of carbonyl (C=O) groups is 1. The van der Waals surface area contributed by atoms with E-state index in [-0.39, 0.29) is 17.9 Å². The molecular formula is C23H36N2O3. The lowest BCUT2D eigenvalue weighted by Crippen LogP contribution is -2.46. The SMILES string of the molecule is CC(C)C(NC(=O)CN(C(C)C)C1CCCC1)c1ccc2c(c1)OCCCO2. The van der Waals surface area contributed by atoms with Crippen LogP contribution in [-0.4, -0.2) is 42.6 Å². The standard InChI is InChI=1S/C23H36N2O3/c1-16(2)23(18-10-11-20-21(14-18)28-13-7-12-27-20)24-22(26)15-25(17(3)4)19-8-5-6-9-19/h10-11,14,16-17,19,23H,5-9,12-13,15H2,1-4H3,(H,24,26). The lowest BCUT2D eigenvalue weighted by atomic mass is 9.95. The fourth-order valence-electron chi connectivity index (χ4n) is 4.36. The van der Waals surface area contributed by atoms with Crippen molar-refractivity contribution in [3.05, 3.63) is 23.8 Å². The molecule has 156 valence electrons. The number of fused-ring (bicyclic) bond motifs is 1. The molecule has 0 saturated heterocycles. The Morgan fingerprint density at radius 3 is 2.39 bits per heavy atom. The van der Waals surface area contributed by atoms with Gasteiger partial charge >= 0.3 is 0 Å². The molecule has 28 heavy (non-hydrogen) atoms. The molecule has 0 bridgehead atoms. The van der Waals surface area contributed by atoms with E-state index in [1.807, 2.05) is 12.1 Å². The van der Waals surface area contributed by atoms with E-state index in [1.54, 1.807) is 0 Å². The highest BCUT2D eigenvalue weighted by atomic mass is 16.5. The number of rotatable bonds is 7. The highest BCUT2D eigenvalue weighted by molar-refractivity contribution is 5.78. The first-order valence-electron chi connectivity index (χ1n) is 10.9. The zero-order valence-electron chi connectivity index (χ0n) is 17.9. The van der Waals surface area contributed by atoms with Crippen molar-refractivity contribution in [3.8, 4) is 11.5 Å². The highest BCUT2D eigenvalue weighted by Gasteiger charge is 2.28. The monoisotopic (exact) mass is 388 g/mol. The Morgan fingerprint density at radius 1 is 1.07 bits per heavy atom. The number of ether oxygens (including phenoxy) is 2. The number of carbonyl (C=O) groups excluding carboxylic acids is 1. The van der Waals surface area contributed by atoms with Crippen molar-refractivity contribution in [1.82, 2.24) is 10.2 Å². The number of nitrogens with zero attached hydrogens (tertiary/aromatic N) is 1. The van der Waals surface area contributed by atoms with E-state index >= 15 is 0 Å². The maximum Gasteiger partial charge on any atom is 0.234 e. The molecule has 0 spiro atoms. The Hall–Kier alpha value is -1.75. The minimum atomic E-state index is -0.0396. The predicted molar refractivity (Wildman–Crippen MR) is 112 cm³/mol. The molecule has 2 aliphatic rings. The predicted octanol–water partition coefficient (Wildman–Crippen LogP) is 4.31. The van der Waals surface area contributed by atoms with Gasteiger partial charge in [-0.15, -0.1) is 0 Å². The van der Waals surface area contributed by atoms with E-state index in [2.05, 4.69) is 44.0 Å². The minimum absolute atomic E-state index is 0.0396. The van der Waals surface area contributed by atoms with E-state index < -0.39 is 0 Å². The molecule has 1 heterocycles. The number of hydrogen-bond acceptors (Lipinski definition) is 4. The van der Waals surface area contributed by atoms with Gasteiger partial charge in [-0.2, -0.15) is 0 Å². The van der Waals surface area contributed by atoms with Gasteiger partial charge in [-0.3, -0.25) is 9.69 Å². The molecule has 1 fully saturated rings. The van der Waals surface area contributed by atoms with Crippen molar-refractivity contribution in [1.29, 1.82) is 0 Å². The van der Waals surface area contributed by atoms with E-state index in [0.717, 1.165) is 23.5 Å². The van der Waals surface area contributed by atoms with Crippen LogP contribution in [0.2, 0.25) is 0 Å². The Kier molecular flexibility index (Phi) is 7.22. The minimum Gasteiger partial charge on any atom is -0.490 e. The van der Waals surface area contributed by atoms with E-state index in [9.17, 15) is 4.79 Å². The third-order valence-corrected chi connectivity index (χ3v) is 5.90. The lowest BCUT2D eigenvalue weighted by Gasteiger charge is -2.33. The second kappa shape index (κ2) is 9.64.